The number of pyridine rings is 1. The topological polar surface area (TPSA) is 68.5 Å². The van der Waals surface area contributed by atoms with Crippen LogP contribution in [0.4, 0.5) is 0 Å². The number of amides is 1. The molecule has 1 aliphatic heterocycles. The van der Waals surface area contributed by atoms with E-state index in [0.717, 1.165) is 24.3 Å². The Kier molecular flexibility index (Phi) is 4.48. The minimum Gasteiger partial charge on any atom is -0.381 e. The van der Waals surface area contributed by atoms with Gasteiger partial charge in [0, 0.05) is 50.7 Å². The highest BCUT2D eigenvalue weighted by Gasteiger charge is 2.21. The number of carbonyl (C=O) groups is 1. The number of nitrogens with zero attached hydrogens (tertiary/aromatic N) is 3. The second-order valence-corrected chi connectivity index (χ2v) is 5.60. The third-order valence-electron chi connectivity index (χ3n) is 3.84. The van der Waals surface area contributed by atoms with Crippen molar-refractivity contribution in [1.29, 1.82) is 0 Å². The van der Waals surface area contributed by atoms with Crippen LogP contribution in [-0.2, 0) is 16.1 Å². The molecule has 3 rings (SSSR count). The van der Waals surface area contributed by atoms with Gasteiger partial charge in [0.2, 0.25) is 5.91 Å². The zero-order chi connectivity index (χ0) is 15.4. The Balaban J connectivity index is 1.58. The Morgan fingerprint density at radius 2 is 2.23 bits per heavy atom. The van der Waals surface area contributed by atoms with Crippen molar-refractivity contribution in [2.45, 2.75) is 19.4 Å². The minimum absolute atomic E-state index is 0.109. The fourth-order valence-electron chi connectivity index (χ4n) is 2.52. The Morgan fingerprint density at radius 1 is 1.41 bits per heavy atom. The fraction of sp³-hybridized carbons (Fsp3) is 0.438. The van der Waals surface area contributed by atoms with E-state index in [9.17, 15) is 4.79 Å². The van der Waals surface area contributed by atoms with Crippen LogP contribution in [0.3, 0.4) is 0 Å². The minimum atomic E-state index is 0.109. The van der Waals surface area contributed by atoms with Crippen LogP contribution in [0.25, 0.3) is 11.3 Å². The predicted molar refractivity (Wildman–Crippen MR) is 79.8 cm³/mol. The molecule has 0 saturated carbocycles. The second kappa shape index (κ2) is 6.70. The molecular formula is C16H19N3O3. The van der Waals surface area contributed by atoms with E-state index in [1.807, 2.05) is 18.2 Å². The summed E-state index contributed by atoms with van der Waals surface area (Å²) in [6.45, 7) is 1.87. The maximum atomic E-state index is 12.2. The predicted octanol–water partition coefficient (Wildman–Crippen LogP) is 2.12. The van der Waals surface area contributed by atoms with Gasteiger partial charge in [-0.15, -0.1) is 0 Å². The fourth-order valence-corrected chi connectivity index (χ4v) is 2.52. The number of rotatable bonds is 5. The van der Waals surface area contributed by atoms with Crippen molar-refractivity contribution in [3.05, 3.63) is 36.4 Å². The van der Waals surface area contributed by atoms with E-state index in [0.29, 0.717) is 31.3 Å². The summed E-state index contributed by atoms with van der Waals surface area (Å²) < 4.78 is 10.6. The van der Waals surface area contributed by atoms with Gasteiger partial charge in [-0.05, 0) is 24.5 Å². The number of aromatic nitrogens is 2. The lowest BCUT2D eigenvalue weighted by atomic mass is 10.0. The maximum absolute atomic E-state index is 12.2. The number of hydrogen-bond acceptors (Lipinski definition) is 5. The molecule has 1 atom stereocenters. The molecule has 2 aromatic heterocycles. The maximum Gasteiger partial charge on any atom is 0.223 e. The summed E-state index contributed by atoms with van der Waals surface area (Å²) in [5.74, 6) is 1.12. The van der Waals surface area contributed by atoms with Gasteiger partial charge in [0.05, 0.1) is 6.54 Å². The highest BCUT2D eigenvalue weighted by Crippen LogP contribution is 2.20. The molecule has 1 aliphatic rings. The van der Waals surface area contributed by atoms with E-state index in [1.54, 1.807) is 24.3 Å². The summed E-state index contributed by atoms with van der Waals surface area (Å²) in [5, 5.41) is 4.04. The van der Waals surface area contributed by atoms with E-state index in [1.165, 1.54) is 0 Å². The van der Waals surface area contributed by atoms with Gasteiger partial charge < -0.3 is 14.2 Å². The summed E-state index contributed by atoms with van der Waals surface area (Å²) in [4.78, 5) is 17.8. The Bertz CT molecular complexity index is 621. The normalized spacial score (nSPS) is 17.6. The first-order valence-electron chi connectivity index (χ1n) is 7.40. The molecule has 0 bridgehead atoms. The third-order valence-corrected chi connectivity index (χ3v) is 3.84. The number of ether oxygens (including phenoxy) is 1. The molecule has 3 heterocycles. The highest BCUT2D eigenvalue weighted by molar-refractivity contribution is 5.76. The van der Waals surface area contributed by atoms with Crippen LogP contribution in [0.15, 0.2) is 35.1 Å². The van der Waals surface area contributed by atoms with Crippen molar-refractivity contribution < 1.29 is 14.1 Å². The van der Waals surface area contributed by atoms with E-state index in [4.69, 9.17) is 9.26 Å². The van der Waals surface area contributed by atoms with E-state index >= 15 is 0 Å². The molecule has 6 nitrogen and oxygen atoms in total. The molecule has 0 aromatic carbocycles. The second-order valence-electron chi connectivity index (χ2n) is 5.60. The molecule has 0 unspecified atom stereocenters. The molecular weight excluding hydrogens is 282 g/mol. The van der Waals surface area contributed by atoms with Gasteiger partial charge in [-0.2, -0.15) is 0 Å². The monoisotopic (exact) mass is 301 g/mol. The summed E-state index contributed by atoms with van der Waals surface area (Å²) in [6, 6.07) is 5.60. The van der Waals surface area contributed by atoms with Gasteiger partial charge in [0.25, 0.3) is 0 Å². The van der Waals surface area contributed by atoms with Crippen molar-refractivity contribution >= 4 is 5.91 Å². The molecule has 1 saturated heterocycles. The van der Waals surface area contributed by atoms with Gasteiger partial charge in [0.15, 0.2) is 5.76 Å². The smallest absolute Gasteiger partial charge is 0.223 e. The van der Waals surface area contributed by atoms with Gasteiger partial charge in [-0.25, -0.2) is 0 Å². The lowest BCUT2D eigenvalue weighted by molar-refractivity contribution is -0.131. The van der Waals surface area contributed by atoms with Crippen molar-refractivity contribution in [2.24, 2.45) is 5.92 Å². The van der Waals surface area contributed by atoms with Crippen molar-refractivity contribution in [3.8, 4) is 11.3 Å². The molecule has 2 aromatic rings. The molecule has 1 amide bonds. The van der Waals surface area contributed by atoms with Crippen LogP contribution in [0.5, 0.6) is 0 Å². The van der Waals surface area contributed by atoms with Gasteiger partial charge >= 0.3 is 0 Å². The van der Waals surface area contributed by atoms with Crippen LogP contribution >= 0.6 is 0 Å². The van der Waals surface area contributed by atoms with Crippen LogP contribution in [-0.4, -0.2) is 41.2 Å². The third kappa shape index (κ3) is 3.51. The van der Waals surface area contributed by atoms with Crippen molar-refractivity contribution in [2.75, 3.05) is 20.3 Å². The Labute approximate surface area is 129 Å². The summed E-state index contributed by atoms with van der Waals surface area (Å²) in [6.07, 6.45) is 4.92. The quantitative estimate of drug-likeness (QED) is 0.846. The van der Waals surface area contributed by atoms with Crippen LogP contribution < -0.4 is 0 Å². The zero-order valence-corrected chi connectivity index (χ0v) is 12.6. The molecule has 6 heteroatoms. The van der Waals surface area contributed by atoms with E-state index in [-0.39, 0.29) is 5.91 Å². The number of carbonyl (C=O) groups excluding carboxylic acids is 1. The van der Waals surface area contributed by atoms with Gasteiger partial charge in [-0.1, -0.05) is 5.16 Å². The van der Waals surface area contributed by atoms with E-state index < -0.39 is 0 Å². The Hall–Kier alpha value is -2.21. The molecule has 0 N–H and O–H groups in total. The van der Waals surface area contributed by atoms with E-state index in [2.05, 4.69) is 10.1 Å². The first kappa shape index (κ1) is 14.7. The highest BCUT2D eigenvalue weighted by atomic mass is 16.5. The summed E-state index contributed by atoms with van der Waals surface area (Å²) >= 11 is 0. The molecule has 1 fully saturated rings. The summed E-state index contributed by atoms with van der Waals surface area (Å²) in [7, 11) is 1.78. The first-order valence-corrected chi connectivity index (χ1v) is 7.40. The van der Waals surface area contributed by atoms with Crippen LogP contribution in [0.2, 0.25) is 0 Å². The van der Waals surface area contributed by atoms with Crippen molar-refractivity contribution in [1.82, 2.24) is 15.0 Å². The number of hydrogen-bond donors (Lipinski definition) is 0. The van der Waals surface area contributed by atoms with Gasteiger partial charge in [0.1, 0.15) is 5.69 Å². The lowest BCUT2D eigenvalue weighted by Gasteiger charge is -2.17. The first-order chi connectivity index (χ1) is 10.7. The zero-order valence-electron chi connectivity index (χ0n) is 12.6. The van der Waals surface area contributed by atoms with Gasteiger partial charge in [-0.3, -0.25) is 9.78 Å². The standard InChI is InChI=1S/C16H19N3O3/c1-19(16(20)8-12-4-7-21-11-12)10-14-9-15(18-22-14)13-2-5-17-6-3-13/h2-3,5-6,9,12H,4,7-8,10-11H2,1H3/t12-/m0/s1. The molecule has 0 aliphatic carbocycles. The SMILES string of the molecule is CN(Cc1cc(-c2ccncc2)no1)C(=O)C[C@@H]1CCOC1. The average Bonchev–Trinajstić information content (AvgIpc) is 3.20. The molecule has 0 radical (unpaired) electrons. The van der Waals surface area contributed by atoms with Crippen LogP contribution in [0, 0.1) is 5.92 Å². The lowest BCUT2D eigenvalue weighted by Crippen LogP contribution is -2.28. The Morgan fingerprint density at radius 3 is 2.95 bits per heavy atom. The summed E-state index contributed by atoms with van der Waals surface area (Å²) in [5.41, 5.74) is 1.70. The largest absolute Gasteiger partial charge is 0.381 e. The molecule has 0 spiro atoms. The molecule has 22 heavy (non-hydrogen) atoms. The molecule has 116 valence electrons. The van der Waals surface area contributed by atoms with Crippen LogP contribution in [0.1, 0.15) is 18.6 Å². The van der Waals surface area contributed by atoms with Crippen molar-refractivity contribution in [3.63, 3.8) is 0 Å². The average molecular weight is 301 g/mol.